The van der Waals surface area contributed by atoms with E-state index < -0.39 is 38.8 Å². The van der Waals surface area contributed by atoms with Crippen molar-refractivity contribution in [2.45, 2.75) is 10.9 Å². The number of hydrogen-bond acceptors (Lipinski definition) is 6. The lowest BCUT2D eigenvalue weighted by Crippen LogP contribution is -2.43. The summed E-state index contributed by atoms with van der Waals surface area (Å²) >= 11 is 0. The number of rotatable bonds is 5. The summed E-state index contributed by atoms with van der Waals surface area (Å²) in [5.74, 6) is -2.16. The molecule has 0 aromatic heterocycles. The number of nitrogens with two attached hydrogens (primary N) is 1. The molecule has 1 unspecified atom stereocenters. The second kappa shape index (κ2) is 6.39. The zero-order chi connectivity index (χ0) is 16.2. The van der Waals surface area contributed by atoms with Crippen molar-refractivity contribution in [3.63, 3.8) is 0 Å². The van der Waals surface area contributed by atoms with Crippen LogP contribution in [-0.4, -0.2) is 47.8 Å². The van der Waals surface area contributed by atoms with Crippen LogP contribution < -0.4 is 16.4 Å². The van der Waals surface area contributed by atoms with E-state index in [4.69, 9.17) is 15.4 Å². The Bertz CT molecular complexity index is 659. The van der Waals surface area contributed by atoms with Crippen LogP contribution in [0.15, 0.2) is 23.1 Å². The number of carboxylic acids is 1. The SMILES string of the molecule is NC(CNC(=O)Nc1cccc(S(=O)(=O)O)c1O)C(=O)O. The van der Waals surface area contributed by atoms with Gasteiger partial charge in [-0.3, -0.25) is 9.35 Å². The molecule has 21 heavy (non-hydrogen) atoms. The molecular formula is C10H13N3O7S. The maximum atomic E-state index is 11.5. The third kappa shape index (κ3) is 4.59. The van der Waals surface area contributed by atoms with Gasteiger partial charge in [0.1, 0.15) is 10.9 Å². The minimum Gasteiger partial charge on any atom is -0.504 e. The van der Waals surface area contributed by atoms with Crippen molar-refractivity contribution in [1.29, 1.82) is 0 Å². The van der Waals surface area contributed by atoms with E-state index in [2.05, 4.69) is 10.6 Å². The molecule has 1 rings (SSSR count). The highest BCUT2D eigenvalue weighted by Gasteiger charge is 2.19. The number of anilines is 1. The molecule has 10 nitrogen and oxygen atoms in total. The number of urea groups is 1. The van der Waals surface area contributed by atoms with Gasteiger partial charge in [-0.2, -0.15) is 8.42 Å². The van der Waals surface area contributed by atoms with Crippen molar-refractivity contribution in [2.24, 2.45) is 5.73 Å². The van der Waals surface area contributed by atoms with Gasteiger partial charge in [0.25, 0.3) is 10.1 Å². The van der Waals surface area contributed by atoms with Gasteiger partial charge in [-0.05, 0) is 12.1 Å². The summed E-state index contributed by atoms with van der Waals surface area (Å²) in [6.45, 7) is -0.375. The first-order valence-corrected chi connectivity index (χ1v) is 6.89. The molecule has 1 aromatic rings. The second-order valence-electron chi connectivity index (χ2n) is 3.91. The Kier molecular flexibility index (Phi) is 5.07. The molecule has 7 N–H and O–H groups in total. The minimum atomic E-state index is -4.65. The summed E-state index contributed by atoms with van der Waals surface area (Å²) in [5.41, 5.74) is 4.88. The van der Waals surface area contributed by atoms with Crippen molar-refractivity contribution in [3.05, 3.63) is 18.2 Å². The van der Waals surface area contributed by atoms with Gasteiger partial charge < -0.3 is 26.6 Å². The van der Waals surface area contributed by atoms with Crippen molar-refractivity contribution in [1.82, 2.24) is 5.32 Å². The molecule has 0 radical (unpaired) electrons. The Morgan fingerprint density at radius 1 is 1.33 bits per heavy atom. The Morgan fingerprint density at radius 2 is 1.95 bits per heavy atom. The summed E-state index contributed by atoms with van der Waals surface area (Å²) in [6.07, 6.45) is 0. The third-order valence-electron chi connectivity index (χ3n) is 2.32. The summed E-state index contributed by atoms with van der Waals surface area (Å²) in [4.78, 5) is 21.1. The molecule has 1 atom stereocenters. The number of aromatic hydroxyl groups is 1. The molecule has 116 valence electrons. The molecule has 1 aromatic carbocycles. The molecule has 0 fully saturated rings. The van der Waals surface area contributed by atoms with E-state index in [1.54, 1.807) is 0 Å². The predicted molar refractivity (Wildman–Crippen MR) is 70.6 cm³/mol. The zero-order valence-electron chi connectivity index (χ0n) is 10.5. The average Bonchev–Trinajstić information content (AvgIpc) is 2.36. The topological polar surface area (TPSA) is 179 Å². The van der Waals surface area contributed by atoms with Crippen molar-refractivity contribution < 1.29 is 32.8 Å². The van der Waals surface area contributed by atoms with Crippen LogP contribution in [0.5, 0.6) is 5.75 Å². The summed E-state index contributed by atoms with van der Waals surface area (Å²) in [5, 5.41) is 22.4. The Balaban J connectivity index is 2.80. The van der Waals surface area contributed by atoms with Gasteiger partial charge in [-0.25, -0.2) is 4.79 Å². The number of para-hydroxylation sites is 1. The van der Waals surface area contributed by atoms with Crippen molar-refractivity contribution in [2.75, 3.05) is 11.9 Å². The monoisotopic (exact) mass is 319 g/mol. The Hall–Kier alpha value is -2.37. The molecule has 0 heterocycles. The summed E-state index contributed by atoms with van der Waals surface area (Å²) in [7, 11) is -4.65. The van der Waals surface area contributed by atoms with E-state index in [-0.39, 0.29) is 12.2 Å². The minimum absolute atomic E-state index is 0.286. The van der Waals surface area contributed by atoms with Crippen molar-refractivity contribution >= 4 is 27.8 Å². The van der Waals surface area contributed by atoms with Crippen LogP contribution in [0.1, 0.15) is 0 Å². The van der Waals surface area contributed by atoms with E-state index in [1.807, 2.05) is 0 Å². The highest BCUT2D eigenvalue weighted by Crippen LogP contribution is 2.30. The number of hydrogen-bond donors (Lipinski definition) is 6. The number of phenolic OH excluding ortho intramolecular Hbond substituents is 1. The second-order valence-corrected chi connectivity index (χ2v) is 5.30. The van der Waals surface area contributed by atoms with Gasteiger partial charge in [0, 0.05) is 6.54 Å². The smallest absolute Gasteiger partial charge is 0.322 e. The molecule has 0 saturated carbocycles. The zero-order valence-corrected chi connectivity index (χ0v) is 11.3. The number of carbonyl (C=O) groups excluding carboxylic acids is 1. The molecule has 0 bridgehead atoms. The van der Waals surface area contributed by atoms with E-state index in [9.17, 15) is 23.1 Å². The molecule has 2 amide bonds. The maximum Gasteiger partial charge on any atom is 0.322 e. The van der Waals surface area contributed by atoms with E-state index in [0.717, 1.165) is 6.07 Å². The lowest BCUT2D eigenvalue weighted by molar-refractivity contribution is -0.138. The first-order valence-electron chi connectivity index (χ1n) is 5.45. The maximum absolute atomic E-state index is 11.5. The van der Waals surface area contributed by atoms with Gasteiger partial charge in [0.15, 0.2) is 5.75 Å². The molecule has 0 aliphatic rings. The van der Waals surface area contributed by atoms with Crippen LogP contribution in [-0.2, 0) is 14.9 Å². The van der Waals surface area contributed by atoms with Gasteiger partial charge in [0.05, 0.1) is 5.69 Å². The summed E-state index contributed by atoms with van der Waals surface area (Å²) in [6, 6.07) is 1.08. The van der Waals surface area contributed by atoms with Crippen LogP contribution in [0.4, 0.5) is 10.5 Å². The first-order chi connectivity index (χ1) is 9.62. The Labute approximate surface area is 119 Å². The van der Waals surface area contributed by atoms with Crippen LogP contribution in [0.3, 0.4) is 0 Å². The van der Waals surface area contributed by atoms with Gasteiger partial charge >= 0.3 is 12.0 Å². The normalized spacial score (nSPS) is 12.5. The Morgan fingerprint density at radius 3 is 2.48 bits per heavy atom. The lowest BCUT2D eigenvalue weighted by atomic mass is 10.3. The molecule has 0 aliphatic heterocycles. The van der Waals surface area contributed by atoms with E-state index >= 15 is 0 Å². The van der Waals surface area contributed by atoms with Gasteiger partial charge in [0.2, 0.25) is 0 Å². The predicted octanol–water partition coefficient (Wildman–Crippen LogP) is -0.828. The van der Waals surface area contributed by atoms with Crippen LogP contribution >= 0.6 is 0 Å². The molecule has 11 heteroatoms. The largest absolute Gasteiger partial charge is 0.504 e. The van der Waals surface area contributed by atoms with Crippen LogP contribution in [0.25, 0.3) is 0 Å². The van der Waals surface area contributed by atoms with E-state index in [0.29, 0.717) is 0 Å². The molecular weight excluding hydrogens is 306 g/mol. The van der Waals surface area contributed by atoms with Gasteiger partial charge in [-0.15, -0.1) is 0 Å². The summed E-state index contributed by atoms with van der Waals surface area (Å²) < 4.78 is 30.8. The van der Waals surface area contributed by atoms with Crippen LogP contribution in [0.2, 0.25) is 0 Å². The fourth-order valence-electron chi connectivity index (χ4n) is 1.29. The lowest BCUT2D eigenvalue weighted by Gasteiger charge is -2.12. The highest BCUT2D eigenvalue weighted by molar-refractivity contribution is 7.86. The fourth-order valence-corrected chi connectivity index (χ4v) is 1.89. The average molecular weight is 319 g/mol. The number of amides is 2. The number of carbonyl (C=O) groups is 2. The molecule has 0 spiro atoms. The van der Waals surface area contributed by atoms with Crippen LogP contribution in [0, 0.1) is 0 Å². The first kappa shape index (κ1) is 16.7. The number of benzene rings is 1. The molecule has 0 aliphatic carbocycles. The quantitative estimate of drug-likeness (QED) is 0.300. The standard InChI is InChI=1S/C10H13N3O7S/c11-5(9(15)16)4-12-10(17)13-6-2-1-3-7(8(6)14)21(18,19)20/h1-3,5,14H,4,11H2,(H,15,16)(H2,12,13,17)(H,18,19,20). The third-order valence-corrected chi connectivity index (χ3v) is 3.21. The number of phenols is 1. The fraction of sp³-hybridized carbons (Fsp3) is 0.200. The number of carboxylic acid groups (broad SMARTS) is 1. The number of aliphatic carboxylic acids is 1. The van der Waals surface area contributed by atoms with E-state index in [1.165, 1.54) is 12.1 Å². The highest BCUT2D eigenvalue weighted by atomic mass is 32.2. The number of nitrogens with one attached hydrogen (secondary N) is 2. The van der Waals surface area contributed by atoms with Crippen molar-refractivity contribution in [3.8, 4) is 5.75 Å². The van der Waals surface area contributed by atoms with Gasteiger partial charge in [-0.1, -0.05) is 6.07 Å². The molecule has 0 saturated heterocycles.